The van der Waals surface area contributed by atoms with E-state index in [1.54, 1.807) is 6.20 Å². The van der Waals surface area contributed by atoms with Gasteiger partial charge in [-0.2, -0.15) is 5.26 Å². The third-order valence-corrected chi connectivity index (χ3v) is 6.42. The number of fused-ring (bicyclic) bond motifs is 1. The fraction of sp³-hybridized carbons (Fsp3) is 0.556. The summed E-state index contributed by atoms with van der Waals surface area (Å²) in [6.45, 7) is 0. The number of aliphatic hydroxyl groups is 1. The van der Waals surface area contributed by atoms with E-state index in [9.17, 15) is 10.4 Å². The Morgan fingerprint density at radius 2 is 1.91 bits per heavy atom. The number of H-pyrrole nitrogens is 1. The first-order valence-corrected chi connectivity index (χ1v) is 8.54. The van der Waals surface area contributed by atoms with Crippen molar-refractivity contribution in [3.05, 3.63) is 24.0 Å². The lowest BCUT2D eigenvalue weighted by Gasteiger charge is -2.59. The number of hydrogen-bond donors (Lipinski definition) is 3. The van der Waals surface area contributed by atoms with Crippen molar-refractivity contribution in [2.45, 2.75) is 37.8 Å². The largest absolute Gasteiger partial charge is 0.370 e. The molecule has 0 spiro atoms. The summed E-state index contributed by atoms with van der Waals surface area (Å²) in [7, 11) is 0. The second-order valence-electron chi connectivity index (χ2n) is 7.65. The fourth-order valence-corrected chi connectivity index (χ4v) is 5.53. The van der Waals surface area contributed by atoms with Crippen molar-refractivity contribution in [2.24, 2.45) is 23.7 Å². The Bertz CT molecular complexity index is 790. The third kappa shape index (κ3) is 1.79. The average Bonchev–Trinajstić information content (AvgIpc) is 3.01. The highest BCUT2D eigenvalue weighted by Crippen LogP contribution is 2.58. The highest BCUT2D eigenvalue weighted by atomic mass is 16.3. The maximum Gasteiger partial charge on any atom is 0.141 e. The van der Waals surface area contributed by atoms with Crippen LogP contribution in [0.1, 0.15) is 37.7 Å². The lowest BCUT2D eigenvalue weighted by Crippen LogP contribution is -2.61. The number of aromatic amines is 1. The summed E-state index contributed by atoms with van der Waals surface area (Å²) >= 11 is 0. The molecule has 0 amide bonds. The predicted molar refractivity (Wildman–Crippen MR) is 86.4 cm³/mol. The lowest BCUT2D eigenvalue weighted by atomic mass is 9.52. The van der Waals surface area contributed by atoms with E-state index in [1.165, 1.54) is 6.42 Å². The summed E-state index contributed by atoms with van der Waals surface area (Å²) in [4.78, 5) is 7.36. The minimum absolute atomic E-state index is 0.299. The maximum atomic E-state index is 11.5. The molecule has 6 rings (SSSR count). The van der Waals surface area contributed by atoms with Crippen LogP contribution in [0.2, 0.25) is 0 Å². The molecule has 0 atom stereocenters. The molecule has 4 fully saturated rings. The standard InChI is InChI=1S/C18H20N4O/c19-8-12-9-21-17-15(1-2-20-17)16(12)22-18(23)13-4-10-3-11(6-13)7-14(18)5-10/h1-2,9-11,13-14,23H,3-7H2,(H2,20,21,22). The summed E-state index contributed by atoms with van der Waals surface area (Å²) in [5.74, 6) is 2.18. The molecular formula is C18H20N4O. The number of anilines is 1. The molecule has 2 aromatic rings. The van der Waals surface area contributed by atoms with Gasteiger partial charge in [0.1, 0.15) is 17.4 Å². The maximum absolute atomic E-state index is 11.5. The molecule has 4 saturated carbocycles. The molecule has 3 N–H and O–H groups in total. The number of pyridine rings is 1. The Balaban J connectivity index is 1.59. The minimum Gasteiger partial charge on any atom is -0.370 e. The number of hydrogen-bond acceptors (Lipinski definition) is 4. The molecule has 5 heteroatoms. The van der Waals surface area contributed by atoms with Crippen LogP contribution in [-0.2, 0) is 0 Å². The van der Waals surface area contributed by atoms with Gasteiger partial charge in [0.05, 0.1) is 11.3 Å². The van der Waals surface area contributed by atoms with Gasteiger partial charge in [-0.05, 0) is 50.0 Å². The molecule has 0 aromatic carbocycles. The fourth-order valence-electron chi connectivity index (χ4n) is 5.53. The van der Waals surface area contributed by atoms with E-state index in [-0.39, 0.29) is 0 Å². The summed E-state index contributed by atoms with van der Waals surface area (Å²) in [6, 6.07) is 4.14. The molecule has 23 heavy (non-hydrogen) atoms. The summed E-state index contributed by atoms with van der Waals surface area (Å²) < 4.78 is 0. The van der Waals surface area contributed by atoms with Crippen molar-refractivity contribution in [1.82, 2.24) is 9.97 Å². The minimum atomic E-state index is -0.884. The van der Waals surface area contributed by atoms with Crippen LogP contribution < -0.4 is 5.32 Å². The van der Waals surface area contributed by atoms with Crippen LogP contribution in [0.25, 0.3) is 11.0 Å². The second-order valence-corrected chi connectivity index (χ2v) is 7.65. The van der Waals surface area contributed by atoms with Crippen molar-refractivity contribution < 1.29 is 5.11 Å². The zero-order chi connectivity index (χ0) is 15.6. The van der Waals surface area contributed by atoms with E-state index >= 15 is 0 Å². The topological polar surface area (TPSA) is 84.7 Å². The first kappa shape index (κ1) is 13.4. The number of nitrogens with zero attached hydrogens (tertiary/aromatic N) is 2. The number of rotatable bonds is 2. The van der Waals surface area contributed by atoms with Crippen molar-refractivity contribution in [1.29, 1.82) is 5.26 Å². The van der Waals surface area contributed by atoms with Crippen molar-refractivity contribution in [3.63, 3.8) is 0 Å². The van der Waals surface area contributed by atoms with Gasteiger partial charge in [-0.15, -0.1) is 0 Å². The predicted octanol–water partition coefficient (Wildman–Crippen LogP) is 2.99. The summed E-state index contributed by atoms with van der Waals surface area (Å²) in [5.41, 5.74) is 1.09. The molecule has 5 nitrogen and oxygen atoms in total. The third-order valence-electron chi connectivity index (χ3n) is 6.42. The monoisotopic (exact) mass is 308 g/mol. The van der Waals surface area contributed by atoms with Gasteiger partial charge >= 0.3 is 0 Å². The average molecular weight is 308 g/mol. The SMILES string of the molecule is N#Cc1cnc2[nH]ccc2c1NC1(O)C2CC3CC(C2)CC1C3. The quantitative estimate of drug-likeness (QED) is 0.745. The Kier molecular flexibility index (Phi) is 2.61. The Hall–Kier alpha value is -2.06. The smallest absolute Gasteiger partial charge is 0.141 e. The van der Waals surface area contributed by atoms with Crippen molar-refractivity contribution in [3.8, 4) is 6.07 Å². The van der Waals surface area contributed by atoms with Gasteiger partial charge in [-0.3, -0.25) is 0 Å². The number of aromatic nitrogens is 2. The van der Waals surface area contributed by atoms with Crippen LogP contribution >= 0.6 is 0 Å². The van der Waals surface area contributed by atoms with Gasteiger partial charge in [-0.25, -0.2) is 4.98 Å². The van der Waals surface area contributed by atoms with Gasteiger partial charge in [0.2, 0.25) is 0 Å². The molecule has 0 saturated heterocycles. The molecule has 2 heterocycles. The molecule has 4 bridgehead atoms. The molecule has 0 aliphatic heterocycles. The van der Waals surface area contributed by atoms with Crippen molar-refractivity contribution >= 4 is 16.7 Å². The lowest BCUT2D eigenvalue weighted by molar-refractivity contribution is -0.154. The summed E-state index contributed by atoms with van der Waals surface area (Å²) in [6.07, 6.45) is 9.20. The number of nitriles is 1. The molecule has 2 aromatic heterocycles. The van der Waals surface area contributed by atoms with Gasteiger partial charge in [0, 0.05) is 29.6 Å². The normalized spacial score (nSPS) is 37.9. The van der Waals surface area contributed by atoms with Gasteiger partial charge in [-0.1, -0.05) is 0 Å². The van der Waals surface area contributed by atoms with Crippen molar-refractivity contribution in [2.75, 3.05) is 5.32 Å². The van der Waals surface area contributed by atoms with Crippen LogP contribution in [-0.4, -0.2) is 20.8 Å². The zero-order valence-corrected chi connectivity index (χ0v) is 12.9. The van der Waals surface area contributed by atoms with Gasteiger partial charge in [0.15, 0.2) is 0 Å². The van der Waals surface area contributed by atoms with Gasteiger partial charge in [0.25, 0.3) is 0 Å². The molecule has 0 radical (unpaired) electrons. The van der Waals surface area contributed by atoms with E-state index in [1.807, 2.05) is 12.3 Å². The highest BCUT2D eigenvalue weighted by Gasteiger charge is 2.56. The van der Waals surface area contributed by atoms with E-state index < -0.39 is 5.72 Å². The Morgan fingerprint density at radius 3 is 2.57 bits per heavy atom. The first-order chi connectivity index (χ1) is 11.2. The molecule has 118 valence electrons. The Labute approximate surface area is 134 Å². The van der Waals surface area contributed by atoms with E-state index in [0.29, 0.717) is 17.4 Å². The van der Waals surface area contributed by atoms with E-state index in [4.69, 9.17) is 0 Å². The molecular weight excluding hydrogens is 288 g/mol. The van der Waals surface area contributed by atoms with Crippen LogP contribution in [0.5, 0.6) is 0 Å². The van der Waals surface area contributed by atoms with Crippen LogP contribution in [0.3, 0.4) is 0 Å². The van der Waals surface area contributed by atoms with Crippen LogP contribution in [0.15, 0.2) is 18.5 Å². The van der Waals surface area contributed by atoms with Crippen LogP contribution in [0.4, 0.5) is 5.69 Å². The number of nitrogens with one attached hydrogen (secondary N) is 2. The first-order valence-electron chi connectivity index (χ1n) is 8.54. The van der Waals surface area contributed by atoms with E-state index in [2.05, 4.69) is 21.4 Å². The zero-order valence-electron chi connectivity index (χ0n) is 12.9. The highest BCUT2D eigenvalue weighted by molar-refractivity contribution is 5.92. The molecule has 4 aliphatic rings. The second kappa shape index (κ2) is 4.48. The van der Waals surface area contributed by atoms with E-state index in [0.717, 1.165) is 54.2 Å². The molecule has 4 aliphatic carbocycles. The molecule has 0 unspecified atom stereocenters. The van der Waals surface area contributed by atoms with Gasteiger partial charge < -0.3 is 15.4 Å². The summed E-state index contributed by atoms with van der Waals surface area (Å²) in [5, 5.41) is 25.3. The van der Waals surface area contributed by atoms with Crippen LogP contribution in [0, 0.1) is 35.0 Å². The Morgan fingerprint density at radius 1 is 1.22 bits per heavy atom.